The lowest BCUT2D eigenvalue weighted by molar-refractivity contribution is -0.117. The number of nitrogens with one attached hydrogen (secondary N) is 1. The van der Waals surface area contributed by atoms with Gasteiger partial charge < -0.3 is 10.2 Å². The summed E-state index contributed by atoms with van der Waals surface area (Å²) in [6.45, 7) is 1.23. The standard InChI is InChI=1S/C16H17N3O2S2/c1-22-16-18-13(10-23-16)15(21)17-9-11-4-6-12(7-5-11)19-8-2-3-14(19)20/h4-7,10H,2-3,8-9H2,1H3,(H,17,21). The van der Waals surface area contributed by atoms with Crippen LogP contribution in [0.15, 0.2) is 34.0 Å². The molecular formula is C16H17N3O2S2. The monoisotopic (exact) mass is 347 g/mol. The Hall–Kier alpha value is -1.86. The minimum Gasteiger partial charge on any atom is -0.347 e. The fourth-order valence-corrected chi connectivity index (χ4v) is 3.69. The Morgan fingerprint density at radius 3 is 2.78 bits per heavy atom. The van der Waals surface area contributed by atoms with Gasteiger partial charge >= 0.3 is 0 Å². The second-order valence-corrected chi connectivity index (χ2v) is 7.11. The van der Waals surface area contributed by atoms with Crippen LogP contribution in [0.2, 0.25) is 0 Å². The summed E-state index contributed by atoms with van der Waals surface area (Å²) in [5.41, 5.74) is 2.37. The Balaban J connectivity index is 1.58. The largest absolute Gasteiger partial charge is 0.347 e. The van der Waals surface area contributed by atoms with Gasteiger partial charge in [-0.15, -0.1) is 11.3 Å². The van der Waals surface area contributed by atoms with Crippen molar-refractivity contribution in [1.29, 1.82) is 0 Å². The highest BCUT2D eigenvalue weighted by molar-refractivity contribution is 8.00. The van der Waals surface area contributed by atoms with E-state index >= 15 is 0 Å². The highest BCUT2D eigenvalue weighted by Crippen LogP contribution is 2.22. The number of hydrogen-bond donors (Lipinski definition) is 1. The van der Waals surface area contributed by atoms with Gasteiger partial charge in [-0.05, 0) is 30.4 Å². The van der Waals surface area contributed by atoms with E-state index in [2.05, 4.69) is 10.3 Å². The molecule has 2 aromatic rings. The highest BCUT2D eigenvalue weighted by Gasteiger charge is 2.21. The van der Waals surface area contributed by atoms with Gasteiger partial charge in [0, 0.05) is 30.6 Å². The van der Waals surface area contributed by atoms with Crippen molar-refractivity contribution >= 4 is 40.6 Å². The molecule has 0 radical (unpaired) electrons. The van der Waals surface area contributed by atoms with Crippen molar-refractivity contribution in [2.45, 2.75) is 23.7 Å². The number of thioether (sulfide) groups is 1. The van der Waals surface area contributed by atoms with Crippen LogP contribution in [0.5, 0.6) is 0 Å². The van der Waals surface area contributed by atoms with Crippen molar-refractivity contribution in [2.75, 3.05) is 17.7 Å². The number of anilines is 1. The number of benzene rings is 1. The summed E-state index contributed by atoms with van der Waals surface area (Å²) in [5, 5.41) is 4.63. The zero-order valence-electron chi connectivity index (χ0n) is 12.7. The van der Waals surface area contributed by atoms with Gasteiger partial charge in [-0.25, -0.2) is 4.98 Å². The van der Waals surface area contributed by atoms with Crippen LogP contribution in [-0.2, 0) is 11.3 Å². The normalized spacial score (nSPS) is 14.3. The van der Waals surface area contributed by atoms with Crippen LogP contribution in [0, 0.1) is 0 Å². The molecule has 0 spiro atoms. The Bertz CT molecular complexity index is 712. The van der Waals surface area contributed by atoms with E-state index in [1.54, 1.807) is 5.38 Å². The second-order valence-electron chi connectivity index (χ2n) is 5.20. The topological polar surface area (TPSA) is 62.3 Å². The van der Waals surface area contributed by atoms with Crippen LogP contribution in [-0.4, -0.2) is 29.6 Å². The summed E-state index contributed by atoms with van der Waals surface area (Å²) < 4.78 is 0.884. The number of aromatic nitrogens is 1. The molecule has 0 saturated carbocycles. The molecule has 0 unspecified atom stereocenters. The number of amides is 2. The Labute approximate surface area is 143 Å². The zero-order valence-corrected chi connectivity index (χ0v) is 14.4. The average molecular weight is 347 g/mol. The first-order valence-electron chi connectivity index (χ1n) is 7.34. The molecule has 1 fully saturated rings. The Morgan fingerprint density at radius 2 is 2.17 bits per heavy atom. The quantitative estimate of drug-likeness (QED) is 0.845. The first-order valence-corrected chi connectivity index (χ1v) is 9.45. The van der Waals surface area contributed by atoms with E-state index < -0.39 is 0 Å². The van der Waals surface area contributed by atoms with Crippen molar-refractivity contribution in [3.05, 3.63) is 40.9 Å². The molecule has 1 aliphatic rings. The van der Waals surface area contributed by atoms with E-state index in [1.807, 2.05) is 35.4 Å². The van der Waals surface area contributed by atoms with E-state index in [0.717, 1.165) is 28.6 Å². The third-order valence-electron chi connectivity index (χ3n) is 3.66. The third-order valence-corrected chi connectivity index (χ3v) is 5.53. The maximum Gasteiger partial charge on any atom is 0.271 e. The summed E-state index contributed by atoms with van der Waals surface area (Å²) in [5.74, 6) is 0.0135. The van der Waals surface area contributed by atoms with Crippen molar-refractivity contribution in [1.82, 2.24) is 10.3 Å². The molecule has 1 aliphatic heterocycles. The molecule has 120 valence electrons. The summed E-state index contributed by atoms with van der Waals surface area (Å²) in [6, 6.07) is 7.74. The molecule has 3 rings (SSSR count). The maximum atomic E-state index is 12.0. The predicted octanol–water partition coefficient (Wildman–Crippen LogP) is 2.92. The van der Waals surface area contributed by atoms with Crippen LogP contribution < -0.4 is 10.2 Å². The van der Waals surface area contributed by atoms with Crippen molar-refractivity contribution in [3.8, 4) is 0 Å². The predicted molar refractivity (Wildman–Crippen MR) is 93.1 cm³/mol. The van der Waals surface area contributed by atoms with Gasteiger partial charge in [0.05, 0.1) is 0 Å². The summed E-state index contributed by atoms with van der Waals surface area (Å²) in [6.07, 6.45) is 3.49. The summed E-state index contributed by atoms with van der Waals surface area (Å²) >= 11 is 3.00. The number of nitrogens with zero attached hydrogens (tertiary/aromatic N) is 2. The second kappa shape index (κ2) is 7.14. The Kier molecular flexibility index (Phi) is 4.97. The van der Waals surface area contributed by atoms with Gasteiger partial charge in [-0.2, -0.15) is 0 Å². The minimum atomic E-state index is -0.166. The van der Waals surface area contributed by atoms with Crippen molar-refractivity contribution in [2.24, 2.45) is 0 Å². The van der Waals surface area contributed by atoms with Crippen LogP contribution in [0.1, 0.15) is 28.9 Å². The van der Waals surface area contributed by atoms with Crippen molar-refractivity contribution in [3.63, 3.8) is 0 Å². The zero-order chi connectivity index (χ0) is 16.2. The summed E-state index contributed by atoms with van der Waals surface area (Å²) in [4.78, 5) is 29.8. The number of thiazole rings is 1. The summed E-state index contributed by atoms with van der Waals surface area (Å²) in [7, 11) is 0. The minimum absolute atomic E-state index is 0.166. The fraction of sp³-hybridized carbons (Fsp3) is 0.312. The van der Waals surface area contributed by atoms with Gasteiger partial charge in [-0.1, -0.05) is 23.9 Å². The van der Waals surface area contributed by atoms with E-state index in [1.165, 1.54) is 23.1 Å². The van der Waals surface area contributed by atoms with Gasteiger partial charge in [0.2, 0.25) is 5.91 Å². The molecule has 1 saturated heterocycles. The van der Waals surface area contributed by atoms with Crippen LogP contribution in [0.4, 0.5) is 5.69 Å². The Morgan fingerprint density at radius 1 is 1.39 bits per heavy atom. The van der Waals surface area contributed by atoms with Gasteiger partial charge in [0.25, 0.3) is 5.91 Å². The van der Waals surface area contributed by atoms with E-state index in [9.17, 15) is 9.59 Å². The molecule has 0 aliphatic carbocycles. The lowest BCUT2D eigenvalue weighted by Crippen LogP contribution is -2.24. The molecule has 0 bridgehead atoms. The molecular weight excluding hydrogens is 330 g/mol. The average Bonchev–Trinajstić information content (AvgIpc) is 3.22. The smallest absolute Gasteiger partial charge is 0.271 e. The molecule has 1 aromatic carbocycles. The SMILES string of the molecule is CSc1nc(C(=O)NCc2ccc(N3CCCC3=O)cc2)cs1. The number of rotatable bonds is 5. The first kappa shape index (κ1) is 16.0. The molecule has 0 atom stereocenters. The van der Waals surface area contributed by atoms with Gasteiger partial charge in [-0.3, -0.25) is 9.59 Å². The van der Waals surface area contributed by atoms with Crippen LogP contribution in [0.3, 0.4) is 0 Å². The number of carbonyl (C=O) groups excluding carboxylic acids is 2. The first-order chi connectivity index (χ1) is 11.2. The molecule has 2 amide bonds. The van der Waals surface area contributed by atoms with Gasteiger partial charge in [0.1, 0.15) is 10.0 Å². The van der Waals surface area contributed by atoms with Crippen molar-refractivity contribution < 1.29 is 9.59 Å². The van der Waals surface area contributed by atoms with E-state index in [4.69, 9.17) is 0 Å². The molecule has 5 nitrogen and oxygen atoms in total. The molecule has 23 heavy (non-hydrogen) atoms. The van der Waals surface area contributed by atoms with E-state index in [-0.39, 0.29) is 11.8 Å². The van der Waals surface area contributed by atoms with Gasteiger partial charge in [0.15, 0.2) is 0 Å². The number of carbonyl (C=O) groups is 2. The van der Waals surface area contributed by atoms with E-state index in [0.29, 0.717) is 18.7 Å². The highest BCUT2D eigenvalue weighted by atomic mass is 32.2. The maximum absolute atomic E-state index is 12.0. The lowest BCUT2D eigenvalue weighted by Gasteiger charge is -2.16. The molecule has 2 heterocycles. The molecule has 1 N–H and O–H groups in total. The van der Waals surface area contributed by atoms with Crippen LogP contribution in [0.25, 0.3) is 0 Å². The molecule has 7 heteroatoms. The van der Waals surface area contributed by atoms with Crippen LogP contribution >= 0.6 is 23.1 Å². The number of hydrogen-bond acceptors (Lipinski definition) is 5. The fourth-order valence-electron chi connectivity index (χ4n) is 2.44. The third kappa shape index (κ3) is 3.73. The lowest BCUT2D eigenvalue weighted by atomic mass is 10.2. The molecule has 1 aromatic heterocycles.